The van der Waals surface area contributed by atoms with E-state index in [0.717, 1.165) is 12.0 Å². The Morgan fingerprint density at radius 1 is 0.968 bits per heavy atom. The van der Waals surface area contributed by atoms with Crippen molar-refractivity contribution in [3.05, 3.63) is 66.0 Å². The maximum atomic E-state index is 13.2. The molecule has 2 aliphatic rings. The van der Waals surface area contributed by atoms with Crippen LogP contribution in [0.25, 0.3) is 0 Å². The van der Waals surface area contributed by atoms with Gasteiger partial charge in [-0.05, 0) is 31.0 Å². The van der Waals surface area contributed by atoms with Gasteiger partial charge in [-0.15, -0.1) is 0 Å². The Morgan fingerprint density at radius 3 is 2.42 bits per heavy atom. The summed E-state index contributed by atoms with van der Waals surface area (Å²) in [5, 5.41) is 0. The molecule has 3 heterocycles. The SMILES string of the molecule is CC(c1ccccc1)N1CC(C(=O)N2CCCN(C(=O)c3ccccn3)CC2)CC1=O. The second-order valence-electron chi connectivity index (χ2n) is 8.22. The van der Waals surface area contributed by atoms with E-state index in [1.54, 1.807) is 29.3 Å². The van der Waals surface area contributed by atoms with Crippen molar-refractivity contribution in [2.45, 2.75) is 25.8 Å². The number of pyridine rings is 1. The zero-order chi connectivity index (χ0) is 21.8. The summed E-state index contributed by atoms with van der Waals surface area (Å²) < 4.78 is 0. The first kappa shape index (κ1) is 21.0. The van der Waals surface area contributed by atoms with Gasteiger partial charge in [-0.2, -0.15) is 0 Å². The molecule has 0 bridgehead atoms. The van der Waals surface area contributed by atoms with E-state index in [9.17, 15) is 14.4 Å². The van der Waals surface area contributed by atoms with Crippen LogP contribution < -0.4 is 0 Å². The zero-order valence-corrected chi connectivity index (χ0v) is 17.8. The highest BCUT2D eigenvalue weighted by Gasteiger charge is 2.39. The smallest absolute Gasteiger partial charge is 0.272 e. The van der Waals surface area contributed by atoms with Crippen LogP contribution in [0, 0.1) is 5.92 Å². The fourth-order valence-electron chi connectivity index (χ4n) is 4.43. The predicted molar refractivity (Wildman–Crippen MR) is 116 cm³/mol. The summed E-state index contributed by atoms with van der Waals surface area (Å²) in [6.07, 6.45) is 2.58. The highest BCUT2D eigenvalue weighted by atomic mass is 16.2. The van der Waals surface area contributed by atoms with E-state index in [1.165, 1.54) is 0 Å². The molecule has 0 saturated carbocycles. The zero-order valence-electron chi connectivity index (χ0n) is 17.8. The molecule has 2 atom stereocenters. The summed E-state index contributed by atoms with van der Waals surface area (Å²) in [6, 6.07) is 15.1. The van der Waals surface area contributed by atoms with Gasteiger partial charge in [0.05, 0.1) is 12.0 Å². The van der Waals surface area contributed by atoms with Gasteiger partial charge < -0.3 is 14.7 Å². The Labute approximate surface area is 182 Å². The molecule has 31 heavy (non-hydrogen) atoms. The van der Waals surface area contributed by atoms with Crippen molar-refractivity contribution in [1.82, 2.24) is 19.7 Å². The van der Waals surface area contributed by atoms with Crippen LogP contribution in [0.15, 0.2) is 54.7 Å². The normalized spacial score (nSPS) is 20.5. The maximum Gasteiger partial charge on any atom is 0.272 e. The lowest BCUT2D eigenvalue weighted by atomic mass is 10.1. The third kappa shape index (κ3) is 4.60. The van der Waals surface area contributed by atoms with Crippen LogP contribution in [0.2, 0.25) is 0 Å². The first-order valence-corrected chi connectivity index (χ1v) is 10.9. The van der Waals surface area contributed by atoms with Crippen LogP contribution in [-0.2, 0) is 9.59 Å². The summed E-state index contributed by atoms with van der Waals surface area (Å²) in [6.45, 7) is 4.61. The van der Waals surface area contributed by atoms with Gasteiger partial charge in [0.25, 0.3) is 5.91 Å². The van der Waals surface area contributed by atoms with Gasteiger partial charge >= 0.3 is 0 Å². The van der Waals surface area contributed by atoms with E-state index >= 15 is 0 Å². The van der Waals surface area contributed by atoms with E-state index in [-0.39, 0.29) is 36.1 Å². The summed E-state index contributed by atoms with van der Waals surface area (Å²) in [5.41, 5.74) is 1.50. The standard InChI is InChI=1S/C24H28N4O3/c1-18(19-8-3-2-4-9-19)28-17-20(16-22(28)29)23(30)26-12-7-13-27(15-14-26)24(31)21-10-5-6-11-25-21/h2-6,8-11,18,20H,7,12-17H2,1H3. The van der Waals surface area contributed by atoms with Crippen molar-refractivity contribution in [2.24, 2.45) is 5.92 Å². The third-order valence-corrected chi connectivity index (χ3v) is 6.24. The quantitative estimate of drug-likeness (QED) is 0.761. The van der Waals surface area contributed by atoms with Crippen molar-refractivity contribution in [1.29, 1.82) is 0 Å². The van der Waals surface area contributed by atoms with Crippen LogP contribution >= 0.6 is 0 Å². The number of nitrogens with zero attached hydrogens (tertiary/aromatic N) is 4. The molecule has 3 amide bonds. The van der Waals surface area contributed by atoms with Crippen LogP contribution in [0.1, 0.15) is 41.9 Å². The van der Waals surface area contributed by atoms with E-state index in [0.29, 0.717) is 38.4 Å². The number of benzene rings is 1. The Balaban J connectivity index is 1.36. The van der Waals surface area contributed by atoms with Crippen LogP contribution in [0.5, 0.6) is 0 Å². The topological polar surface area (TPSA) is 73.8 Å². The second-order valence-corrected chi connectivity index (χ2v) is 8.22. The van der Waals surface area contributed by atoms with Crippen molar-refractivity contribution in [3.8, 4) is 0 Å². The number of carbonyl (C=O) groups is 3. The molecule has 1 aromatic heterocycles. The molecule has 0 aliphatic carbocycles. The average molecular weight is 421 g/mol. The lowest BCUT2D eigenvalue weighted by Gasteiger charge is -2.27. The molecule has 0 N–H and O–H groups in total. The molecule has 1 aromatic carbocycles. The van der Waals surface area contributed by atoms with E-state index in [2.05, 4.69) is 4.98 Å². The Morgan fingerprint density at radius 2 is 1.68 bits per heavy atom. The fraction of sp³-hybridized carbons (Fsp3) is 0.417. The maximum absolute atomic E-state index is 13.2. The molecule has 4 rings (SSSR count). The molecule has 2 fully saturated rings. The minimum absolute atomic E-state index is 0.0169. The number of aromatic nitrogens is 1. The first-order valence-electron chi connectivity index (χ1n) is 10.9. The van der Waals surface area contributed by atoms with Gasteiger partial charge in [-0.25, -0.2) is 0 Å². The minimum atomic E-state index is -0.322. The molecular formula is C24H28N4O3. The third-order valence-electron chi connectivity index (χ3n) is 6.24. The summed E-state index contributed by atoms with van der Waals surface area (Å²) in [5.74, 6) is -0.384. The molecular weight excluding hydrogens is 392 g/mol. The largest absolute Gasteiger partial charge is 0.341 e. The van der Waals surface area contributed by atoms with E-state index in [4.69, 9.17) is 0 Å². The van der Waals surface area contributed by atoms with Gasteiger partial charge in [0, 0.05) is 45.3 Å². The Bertz CT molecular complexity index is 934. The van der Waals surface area contributed by atoms with Gasteiger partial charge in [0.15, 0.2) is 0 Å². The molecule has 7 nitrogen and oxygen atoms in total. The van der Waals surface area contributed by atoms with Gasteiger partial charge in [-0.3, -0.25) is 19.4 Å². The highest BCUT2D eigenvalue weighted by molar-refractivity contribution is 5.92. The van der Waals surface area contributed by atoms with Crippen LogP contribution in [0.4, 0.5) is 0 Å². The van der Waals surface area contributed by atoms with Crippen LogP contribution in [-0.4, -0.2) is 70.1 Å². The number of rotatable bonds is 4. The fourth-order valence-corrected chi connectivity index (χ4v) is 4.43. The number of hydrogen-bond donors (Lipinski definition) is 0. The van der Waals surface area contributed by atoms with Gasteiger partial charge in [-0.1, -0.05) is 36.4 Å². The van der Waals surface area contributed by atoms with Crippen molar-refractivity contribution < 1.29 is 14.4 Å². The highest BCUT2D eigenvalue weighted by Crippen LogP contribution is 2.29. The molecule has 2 saturated heterocycles. The monoisotopic (exact) mass is 420 g/mol. The predicted octanol–water partition coefficient (Wildman–Crippen LogP) is 2.37. The molecule has 162 valence electrons. The summed E-state index contributed by atoms with van der Waals surface area (Å²) in [4.78, 5) is 48.1. The number of amides is 3. The molecule has 0 radical (unpaired) electrons. The number of hydrogen-bond acceptors (Lipinski definition) is 4. The van der Waals surface area contributed by atoms with Crippen molar-refractivity contribution in [2.75, 3.05) is 32.7 Å². The molecule has 2 aliphatic heterocycles. The Kier molecular flexibility index (Phi) is 6.30. The lowest BCUT2D eigenvalue weighted by Crippen LogP contribution is -2.41. The average Bonchev–Trinajstić information content (AvgIpc) is 3.04. The summed E-state index contributed by atoms with van der Waals surface area (Å²) >= 11 is 0. The molecule has 2 aromatic rings. The first-order chi connectivity index (χ1) is 15.0. The second kappa shape index (κ2) is 9.29. The molecule has 2 unspecified atom stereocenters. The summed E-state index contributed by atoms with van der Waals surface area (Å²) in [7, 11) is 0. The lowest BCUT2D eigenvalue weighted by molar-refractivity contribution is -0.135. The van der Waals surface area contributed by atoms with Crippen molar-refractivity contribution in [3.63, 3.8) is 0 Å². The van der Waals surface area contributed by atoms with Gasteiger partial charge in [0.2, 0.25) is 11.8 Å². The molecule has 7 heteroatoms. The number of likely N-dealkylation sites (tertiary alicyclic amines) is 1. The van der Waals surface area contributed by atoms with Gasteiger partial charge in [0.1, 0.15) is 5.69 Å². The molecule has 0 spiro atoms. The van der Waals surface area contributed by atoms with Crippen molar-refractivity contribution >= 4 is 17.7 Å². The number of carbonyl (C=O) groups excluding carboxylic acids is 3. The van der Waals surface area contributed by atoms with Crippen LogP contribution in [0.3, 0.4) is 0 Å². The van der Waals surface area contributed by atoms with E-state index < -0.39 is 0 Å². The van der Waals surface area contributed by atoms with E-state index in [1.807, 2.05) is 47.1 Å². The minimum Gasteiger partial charge on any atom is -0.341 e. The Hall–Kier alpha value is -3.22.